The van der Waals surface area contributed by atoms with E-state index in [2.05, 4.69) is 10.6 Å². The van der Waals surface area contributed by atoms with Crippen LogP contribution in [-0.4, -0.2) is 36.3 Å². The summed E-state index contributed by atoms with van der Waals surface area (Å²) in [6.45, 7) is 3.91. The molecule has 0 saturated heterocycles. The Morgan fingerprint density at radius 3 is 2.38 bits per heavy atom. The number of halogens is 1. The van der Waals surface area contributed by atoms with Crippen LogP contribution < -0.4 is 10.6 Å². The number of nitrogens with zero attached hydrogens (tertiary/aromatic N) is 1. The van der Waals surface area contributed by atoms with E-state index < -0.39 is 0 Å². The van der Waals surface area contributed by atoms with Gasteiger partial charge in [0, 0.05) is 30.2 Å². The van der Waals surface area contributed by atoms with Crippen molar-refractivity contribution in [3.05, 3.63) is 65.2 Å². The molecule has 0 radical (unpaired) electrons. The van der Waals surface area contributed by atoms with Gasteiger partial charge in [0.2, 0.25) is 11.8 Å². The van der Waals surface area contributed by atoms with Crippen LogP contribution in [0.4, 0.5) is 5.69 Å². The number of hydrogen-bond donors (Lipinski definition) is 2. The number of para-hydroxylation sites is 1. The average Bonchev–Trinajstić information content (AvgIpc) is 2.63. The van der Waals surface area contributed by atoms with Crippen molar-refractivity contribution in [2.75, 3.05) is 25.0 Å². The van der Waals surface area contributed by atoms with Gasteiger partial charge in [-0.25, -0.2) is 0 Å². The normalized spacial score (nSPS) is 10.6. The van der Waals surface area contributed by atoms with Crippen LogP contribution >= 0.6 is 11.6 Å². The summed E-state index contributed by atoms with van der Waals surface area (Å²) in [5.74, 6) is -0.230. The van der Waals surface area contributed by atoms with E-state index in [1.165, 1.54) is 0 Å². The Morgan fingerprint density at radius 2 is 1.69 bits per heavy atom. The lowest BCUT2D eigenvalue weighted by Gasteiger charge is -2.20. The zero-order valence-corrected chi connectivity index (χ0v) is 15.6. The van der Waals surface area contributed by atoms with Crippen molar-refractivity contribution in [2.24, 2.45) is 0 Å². The molecule has 6 heteroatoms. The number of likely N-dealkylation sites (N-methyl/N-ethyl adjacent to an activating group) is 1. The van der Waals surface area contributed by atoms with Crippen LogP contribution in [0.5, 0.6) is 0 Å². The third-order valence-electron chi connectivity index (χ3n) is 3.90. The number of amides is 2. The van der Waals surface area contributed by atoms with E-state index in [0.717, 1.165) is 17.8 Å². The van der Waals surface area contributed by atoms with Gasteiger partial charge in [0.25, 0.3) is 0 Å². The van der Waals surface area contributed by atoms with Gasteiger partial charge < -0.3 is 10.6 Å². The fraction of sp³-hybridized carbons (Fsp3) is 0.300. The molecule has 138 valence electrons. The lowest BCUT2D eigenvalue weighted by Crippen LogP contribution is -2.38. The maximum Gasteiger partial charge on any atom is 0.234 e. The Hall–Kier alpha value is -2.37. The number of hydrogen-bond acceptors (Lipinski definition) is 3. The standard InChI is InChI=1S/C20H24ClN3O2/c1-2-24(14-16-8-6-7-11-18(16)21)15-20(26)22-13-12-19(25)23-17-9-4-3-5-10-17/h3-11H,2,12-15H2,1H3,(H,22,26)(H,23,25). The molecule has 2 amide bonds. The van der Waals surface area contributed by atoms with Gasteiger partial charge in [0.15, 0.2) is 0 Å². The molecule has 0 aromatic heterocycles. The number of nitrogens with one attached hydrogen (secondary N) is 2. The molecule has 0 unspecified atom stereocenters. The van der Waals surface area contributed by atoms with Crippen LogP contribution in [0.2, 0.25) is 5.02 Å². The summed E-state index contributed by atoms with van der Waals surface area (Å²) in [6, 6.07) is 16.9. The van der Waals surface area contributed by atoms with Gasteiger partial charge in [0.05, 0.1) is 6.54 Å². The molecule has 0 aliphatic heterocycles. The zero-order chi connectivity index (χ0) is 18.8. The first-order valence-electron chi connectivity index (χ1n) is 8.66. The molecule has 2 aromatic carbocycles. The van der Waals surface area contributed by atoms with Crippen molar-refractivity contribution < 1.29 is 9.59 Å². The first kappa shape index (κ1) is 19.9. The molecule has 2 N–H and O–H groups in total. The van der Waals surface area contributed by atoms with Gasteiger partial charge in [-0.2, -0.15) is 0 Å². The largest absolute Gasteiger partial charge is 0.354 e. The topological polar surface area (TPSA) is 61.4 Å². The molecule has 26 heavy (non-hydrogen) atoms. The highest BCUT2D eigenvalue weighted by Gasteiger charge is 2.11. The van der Waals surface area contributed by atoms with Crippen molar-refractivity contribution in [2.45, 2.75) is 19.9 Å². The Bertz CT molecular complexity index is 722. The highest BCUT2D eigenvalue weighted by atomic mass is 35.5. The second-order valence-electron chi connectivity index (χ2n) is 5.91. The molecule has 5 nitrogen and oxygen atoms in total. The second-order valence-corrected chi connectivity index (χ2v) is 6.32. The molecule has 0 heterocycles. The highest BCUT2D eigenvalue weighted by molar-refractivity contribution is 6.31. The Labute approximate surface area is 159 Å². The van der Waals surface area contributed by atoms with Crippen LogP contribution in [0.15, 0.2) is 54.6 Å². The van der Waals surface area contributed by atoms with Crippen molar-refractivity contribution in [3.8, 4) is 0 Å². The Kier molecular flexibility index (Phi) is 8.12. The van der Waals surface area contributed by atoms with E-state index in [9.17, 15) is 9.59 Å². The number of carbonyl (C=O) groups is 2. The lowest BCUT2D eigenvalue weighted by molar-refractivity contribution is -0.122. The molecule has 0 aliphatic carbocycles. The van der Waals surface area contributed by atoms with Crippen LogP contribution in [0.1, 0.15) is 18.9 Å². The van der Waals surface area contributed by atoms with Crippen LogP contribution in [0.25, 0.3) is 0 Å². The molecule has 2 aromatic rings. The van der Waals surface area contributed by atoms with Crippen LogP contribution in [-0.2, 0) is 16.1 Å². The van der Waals surface area contributed by atoms with Gasteiger partial charge in [-0.05, 0) is 30.3 Å². The number of rotatable bonds is 9. The lowest BCUT2D eigenvalue weighted by atomic mass is 10.2. The maximum absolute atomic E-state index is 12.1. The predicted octanol–water partition coefficient (Wildman–Crippen LogP) is 3.31. The van der Waals surface area contributed by atoms with Crippen molar-refractivity contribution in [3.63, 3.8) is 0 Å². The molecular weight excluding hydrogens is 350 g/mol. The van der Waals surface area contributed by atoms with E-state index in [4.69, 9.17) is 11.6 Å². The average molecular weight is 374 g/mol. The van der Waals surface area contributed by atoms with E-state index in [1.807, 2.05) is 66.4 Å². The van der Waals surface area contributed by atoms with E-state index in [-0.39, 0.29) is 24.8 Å². The van der Waals surface area contributed by atoms with E-state index >= 15 is 0 Å². The minimum atomic E-state index is -0.125. The molecule has 0 bridgehead atoms. The molecule has 2 rings (SSSR count). The van der Waals surface area contributed by atoms with Crippen LogP contribution in [0.3, 0.4) is 0 Å². The molecule has 0 fully saturated rings. The molecule has 0 spiro atoms. The van der Waals surface area contributed by atoms with Crippen molar-refractivity contribution >= 4 is 29.1 Å². The third kappa shape index (κ3) is 6.86. The summed E-state index contributed by atoms with van der Waals surface area (Å²) in [5, 5.41) is 6.28. The Balaban J connectivity index is 1.71. The summed E-state index contributed by atoms with van der Waals surface area (Å²) in [4.78, 5) is 26.0. The molecular formula is C20H24ClN3O2. The zero-order valence-electron chi connectivity index (χ0n) is 14.9. The van der Waals surface area contributed by atoms with Gasteiger partial charge in [-0.1, -0.05) is 54.9 Å². The molecule has 0 atom stereocenters. The molecule has 0 aliphatic rings. The fourth-order valence-corrected chi connectivity index (χ4v) is 2.66. The minimum absolute atomic E-state index is 0.105. The van der Waals surface area contributed by atoms with Gasteiger partial charge >= 0.3 is 0 Å². The summed E-state index contributed by atoms with van der Waals surface area (Å²) in [7, 11) is 0. The summed E-state index contributed by atoms with van der Waals surface area (Å²) in [6.07, 6.45) is 0.233. The monoisotopic (exact) mass is 373 g/mol. The number of carbonyl (C=O) groups excluding carboxylic acids is 2. The summed E-state index contributed by atoms with van der Waals surface area (Å²) >= 11 is 6.18. The quantitative estimate of drug-likeness (QED) is 0.709. The molecule has 0 saturated carbocycles. The first-order valence-corrected chi connectivity index (χ1v) is 9.03. The van der Waals surface area contributed by atoms with E-state index in [0.29, 0.717) is 18.1 Å². The van der Waals surface area contributed by atoms with E-state index in [1.54, 1.807) is 0 Å². The Morgan fingerprint density at radius 1 is 1.00 bits per heavy atom. The third-order valence-corrected chi connectivity index (χ3v) is 4.27. The van der Waals surface area contributed by atoms with Crippen LogP contribution in [0, 0.1) is 0 Å². The van der Waals surface area contributed by atoms with Crippen molar-refractivity contribution in [1.82, 2.24) is 10.2 Å². The summed E-state index contributed by atoms with van der Waals surface area (Å²) < 4.78 is 0. The number of benzene rings is 2. The maximum atomic E-state index is 12.1. The fourth-order valence-electron chi connectivity index (χ4n) is 2.47. The predicted molar refractivity (Wildman–Crippen MR) is 105 cm³/mol. The van der Waals surface area contributed by atoms with Gasteiger partial charge in [-0.3, -0.25) is 14.5 Å². The van der Waals surface area contributed by atoms with Crippen molar-refractivity contribution in [1.29, 1.82) is 0 Å². The first-order chi connectivity index (χ1) is 12.6. The highest BCUT2D eigenvalue weighted by Crippen LogP contribution is 2.16. The van der Waals surface area contributed by atoms with Gasteiger partial charge in [-0.15, -0.1) is 0 Å². The smallest absolute Gasteiger partial charge is 0.234 e. The van der Waals surface area contributed by atoms with Gasteiger partial charge in [0.1, 0.15) is 0 Å². The number of anilines is 1. The summed E-state index contributed by atoms with van der Waals surface area (Å²) in [5.41, 5.74) is 1.74. The second kappa shape index (κ2) is 10.6. The minimum Gasteiger partial charge on any atom is -0.354 e. The SMILES string of the molecule is CCN(CC(=O)NCCC(=O)Nc1ccccc1)Cc1ccccc1Cl.